The standard InChI is InChI=1S/C11H16OS2/c1-9(8-13)7-12-10-5-3-4-6-11(10)14-2/h3-6,9,13H,7-8H2,1-2H3. The summed E-state index contributed by atoms with van der Waals surface area (Å²) < 4.78 is 5.71. The Labute approximate surface area is 95.6 Å². The summed E-state index contributed by atoms with van der Waals surface area (Å²) in [5, 5.41) is 0. The summed E-state index contributed by atoms with van der Waals surface area (Å²) in [6, 6.07) is 8.11. The van der Waals surface area contributed by atoms with E-state index in [2.05, 4.69) is 31.9 Å². The van der Waals surface area contributed by atoms with E-state index in [0.29, 0.717) is 5.92 Å². The molecule has 3 heteroatoms. The van der Waals surface area contributed by atoms with Gasteiger partial charge in [0.1, 0.15) is 5.75 Å². The summed E-state index contributed by atoms with van der Waals surface area (Å²) in [5.41, 5.74) is 0. The fourth-order valence-electron chi connectivity index (χ4n) is 1.02. The lowest BCUT2D eigenvalue weighted by Gasteiger charge is -2.12. The van der Waals surface area contributed by atoms with E-state index >= 15 is 0 Å². The number of rotatable bonds is 5. The zero-order chi connectivity index (χ0) is 10.4. The zero-order valence-electron chi connectivity index (χ0n) is 8.56. The van der Waals surface area contributed by atoms with E-state index in [-0.39, 0.29) is 0 Å². The molecule has 0 amide bonds. The molecule has 1 aromatic carbocycles. The fraction of sp³-hybridized carbons (Fsp3) is 0.455. The van der Waals surface area contributed by atoms with E-state index in [1.807, 2.05) is 18.2 Å². The van der Waals surface area contributed by atoms with Crippen LogP contribution in [-0.4, -0.2) is 18.6 Å². The van der Waals surface area contributed by atoms with Crippen molar-refractivity contribution < 1.29 is 4.74 Å². The van der Waals surface area contributed by atoms with Crippen molar-refractivity contribution in [3.05, 3.63) is 24.3 Å². The second-order valence-electron chi connectivity index (χ2n) is 3.25. The molecule has 0 heterocycles. The topological polar surface area (TPSA) is 9.23 Å². The molecule has 0 aromatic heterocycles. The van der Waals surface area contributed by atoms with E-state index in [0.717, 1.165) is 18.1 Å². The van der Waals surface area contributed by atoms with Gasteiger partial charge in [-0.2, -0.15) is 12.6 Å². The minimum Gasteiger partial charge on any atom is -0.492 e. The van der Waals surface area contributed by atoms with Gasteiger partial charge in [0.25, 0.3) is 0 Å². The highest BCUT2D eigenvalue weighted by Crippen LogP contribution is 2.27. The minimum absolute atomic E-state index is 0.494. The number of hydrogen-bond acceptors (Lipinski definition) is 3. The van der Waals surface area contributed by atoms with Gasteiger partial charge >= 0.3 is 0 Å². The first-order valence-corrected chi connectivity index (χ1v) is 6.50. The Morgan fingerprint density at radius 3 is 2.79 bits per heavy atom. The lowest BCUT2D eigenvalue weighted by molar-refractivity contribution is 0.268. The molecular weight excluding hydrogens is 212 g/mol. The monoisotopic (exact) mass is 228 g/mol. The number of para-hydroxylation sites is 1. The van der Waals surface area contributed by atoms with E-state index in [9.17, 15) is 0 Å². The molecule has 0 radical (unpaired) electrons. The highest BCUT2D eigenvalue weighted by atomic mass is 32.2. The van der Waals surface area contributed by atoms with Crippen LogP contribution in [0.1, 0.15) is 6.92 Å². The Balaban J connectivity index is 2.57. The maximum absolute atomic E-state index is 5.71. The van der Waals surface area contributed by atoms with Crippen LogP contribution in [0.2, 0.25) is 0 Å². The van der Waals surface area contributed by atoms with Crippen molar-refractivity contribution in [1.82, 2.24) is 0 Å². The maximum Gasteiger partial charge on any atom is 0.132 e. The van der Waals surface area contributed by atoms with Crippen molar-refractivity contribution in [3.8, 4) is 5.75 Å². The summed E-state index contributed by atoms with van der Waals surface area (Å²) in [6.07, 6.45) is 2.06. The van der Waals surface area contributed by atoms with Crippen LogP contribution in [-0.2, 0) is 0 Å². The van der Waals surface area contributed by atoms with Gasteiger partial charge in [-0.1, -0.05) is 19.1 Å². The molecule has 0 N–H and O–H groups in total. The molecule has 14 heavy (non-hydrogen) atoms. The third-order valence-corrected chi connectivity index (χ3v) is 3.30. The van der Waals surface area contributed by atoms with E-state index in [4.69, 9.17) is 4.74 Å². The molecule has 1 atom stereocenters. The number of hydrogen-bond donors (Lipinski definition) is 1. The van der Waals surface area contributed by atoms with E-state index < -0.39 is 0 Å². The molecule has 0 fully saturated rings. The Morgan fingerprint density at radius 2 is 2.14 bits per heavy atom. The van der Waals surface area contributed by atoms with Crippen LogP contribution < -0.4 is 4.74 Å². The zero-order valence-corrected chi connectivity index (χ0v) is 10.3. The van der Waals surface area contributed by atoms with Gasteiger partial charge < -0.3 is 4.74 Å². The van der Waals surface area contributed by atoms with Crippen LogP contribution >= 0.6 is 24.4 Å². The van der Waals surface area contributed by atoms with Gasteiger partial charge in [0, 0.05) is 4.90 Å². The summed E-state index contributed by atoms with van der Waals surface area (Å²) in [7, 11) is 0. The van der Waals surface area contributed by atoms with Crippen LogP contribution in [0.3, 0.4) is 0 Å². The highest BCUT2D eigenvalue weighted by molar-refractivity contribution is 7.98. The Morgan fingerprint density at radius 1 is 1.43 bits per heavy atom. The molecule has 0 aliphatic rings. The molecular formula is C11H16OS2. The first-order chi connectivity index (χ1) is 6.77. The number of benzene rings is 1. The van der Waals surface area contributed by atoms with Crippen molar-refractivity contribution in [2.75, 3.05) is 18.6 Å². The van der Waals surface area contributed by atoms with Gasteiger partial charge in [0.2, 0.25) is 0 Å². The van der Waals surface area contributed by atoms with Gasteiger partial charge in [-0.15, -0.1) is 11.8 Å². The fourth-order valence-corrected chi connectivity index (χ4v) is 1.67. The molecule has 0 aliphatic carbocycles. The van der Waals surface area contributed by atoms with Crippen LogP contribution in [0.25, 0.3) is 0 Å². The predicted molar refractivity (Wildman–Crippen MR) is 66.7 cm³/mol. The van der Waals surface area contributed by atoms with Crippen molar-refractivity contribution in [2.24, 2.45) is 5.92 Å². The molecule has 1 aromatic rings. The summed E-state index contributed by atoms with van der Waals surface area (Å²) in [6.45, 7) is 2.87. The number of ether oxygens (including phenoxy) is 1. The third kappa shape index (κ3) is 3.46. The Bertz CT molecular complexity index is 276. The SMILES string of the molecule is CSc1ccccc1OCC(C)CS. The summed E-state index contributed by atoms with van der Waals surface area (Å²) in [4.78, 5) is 1.19. The third-order valence-electron chi connectivity index (χ3n) is 1.90. The average molecular weight is 228 g/mol. The normalized spacial score (nSPS) is 12.5. The minimum atomic E-state index is 0.494. The van der Waals surface area contributed by atoms with Crippen LogP contribution in [0.15, 0.2) is 29.2 Å². The largest absolute Gasteiger partial charge is 0.492 e. The van der Waals surface area contributed by atoms with Crippen LogP contribution in [0, 0.1) is 5.92 Å². The second-order valence-corrected chi connectivity index (χ2v) is 4.46. The molecule has 1 nitrogen and oxygen atoms in total. The number of thioether (sulfide) groups is 1. The molecule has 78 valence electrons. The number of thiol groups is 1. The second kappa shape index (κ2) is 6.25. The van der Waals surface area contributed by atoms with Gasteiger partial charge in [-0.05, 0) is 30.1 Å². The van der Waals surface area contributed by atoms with Gasteiger partial charge in [-0.25, -0.2) is 0 Å². The summed E-state index contributed by atoms with van der Waals surface area (Å²) in [5.74, 6) is 2.34. The maximum atomic E-state index is 5.71. The molecule has 0 saturated carbocycles. The van der Waals surface area contributed by atoms with Crippen molar-refractivity contribution in [3.63, 3.8) is 0 Å². The molecule has 0 spiro atoms. The molecule has 0 aliphatic heterocycles. The first-order valence-electron chi connectivity index (χ1n) is 4.64. The lowest BCUT2D eigenvalue weighted by Crippen LogP contribution is -2.10. The van der Waals surface area contributed by atoms with Crippen molar-refractivity contribution in [2.45, 2.75) is 11.8 Å². The Kier molecular flexibility index (Phi) is 5.26. The highest BCUT2D eigenvalue weighted by Gasteiger charge is 2.04. The molecule has 1 unspecified atom stereocenters. The molecule has 0 saturated heterocycles. The molecule has 1 rings (SSSR count). The first kappa shape index (κ1) is 11.8. The van der Waals surface area contributed by atoms with Crippen molar-refractivity contribution in [1.29, 1.82) is 0 Å². The Hall–Kier alpha value is -0.280. The average Bonchev–Trinajstić information content (AvgIpc) is 2.26. The smallest absolute Gasteiger partial charge is 0.132 e. The molecule has 0 bridgehead atoms. The van der Waals surface area contributed by atoms with Gasteiger partial charge in [0.15, 0.2) is 0 Å². The van der Waals surface area contributed by atoms with Crippen molar-refractivity contribution >= 4 is 24.4 Å². The van der Waals surface area contributed by atoms with Crippen LogP contribution in [0.4, 0.5) is 0 Å². The van der Waals surface area contributed by atoms with E-state index in [1.165, 1.54) is 4.90 Å². The van der Waals surface area contributed by atoms with Gasteiger partial charge in [-0.3, -0.25) is 0 Å². The van der Waals surface area contributed by atoms with Gasteiger partial charge in [0.05, 0.1) is 6.61 Å². The predicted octanol–water partition coefficient (Wildman–Crippen LogP) is 3.35. The van der Waals surface area contributed by atoms with E-state index in [1.54, 1.807) is 11.8 Å². The van der Waals surface area contributed by atoms with Crippen LogP contribution in [0.5, 0.6) is 5.75 Å². The quantitative estimate of drug-likeness (QED) is 0.611. The lowest BCUT2D eigenvalue weighted by atomic mass is 10.2. The summed E-state index contributed by atoms with van der Waals surface area (Å²) >= 11 is 5.94.